The Bertz CT molecular complexity index is 98.3. The molecule has 0 saturated heterocycles. The third-order valence-electron chi connectivity index (χ3n) is 1.06. The summed E-state index contributed by atoms with van der Waals surface area (Å²) >= 11 is 0. The zero-order chi connectivity index (χ0) is 9.11. The van der Waals surface area contributed by atoms with Gasteiger partial charge < -0.3 is 15.7 Å². The van der Waals surface area contributed by atoms with Gasteiger partial charge in [-0.15, -0.1) is 0 Å². The lowest BCUT2D eigenvalue weighted by atomic mass is 10.4. The minimum absolute atomic E-state index is 0.253. The van der Waals surface area contributed by atoms with E-state index in [0.717, 1.165) is 7.11 Å². The standard InChI is InChI=1S/C7H14N2.CH4O/c1-4-5-6-7(8-2)9-3;1-2/h4-9H,1H2,2-3H3;2H,1H3/b6-5-;. The molecule has 0 aromatic heterocycles. The maximum absolute atomic E-state index is 7.00. The predicted octanol–water partition coefficient (Wildman–Crippen LogP) is 0.102. The Labute approximate surface area is 68.8 Å². The molecular weight excluding hydrogens is 140 g/mol. The number of aliphatic hydroxyl groups is 1. The van der Waals surface area contributed by atoms with Crippen molar-refractivity contribution in [1.82, 2.24) is 10.6 Å². The SMILES string of the molecule is C=C/C=C\C(NC)NC.CO. The van der Waals surface area contributed by atoms with Crippen LogP contribution in [0.4, 0.5) is 0 Å². The molecule has 11 heavy (non-hydrogen) atoms. The van der Waals surface area contributed by atoms with Crippen LogP contribution in [0.2, 0.25) is 0 Å². The highest BCUT2D eigenvalue weighted by Crippen LogP contribution is 1.78. The van der Waals surface area contributed by atoms with Crippen molar-refractivity contribution in [3.8, 4) is 0 Å². The molecule has 0 unspecified atom stereocenters. The lowest BCUT2D eigenvalue weighted by Gasteiger charge is -2.07. The molecule has 0 heterocycles. The molecule has 0 spiro atoms. The van der Waals surface area contributed by atoms with Gasteiger partial charge in [0, 0.05) is 7.11 Å². The molecule has 0 aliphatic carbocycles. The van der Waals surface area contributed by atoms with Crippen LogP contribution in [0.15, 0.2) is 24.8 Å². The molecule has 0 fully saturated rings. The second-order valence-electron chi connectivity index (χ2n) is 1.68. The zero-order valence-electron chi connectivity index (χ0n) is 7.46. The van der Waals surface area contributed by atoms with E-state index in [-0.39, 0.29) is 6.17 Å². The zero-order valence-corrected chi connectivity index (χ0v) is 7.46. The number of likely N-dealkylation sites (N-methyl/N-ethyl adjacent to an activating group) is 2. The second-order valence-corrected chi connectivity index (χ2v) is 1.68. The van der Waals surface area contributed by atoms with Crippen LogP contribution in [0.1, 0.15) is 0 Å². The normalized spacial score (nSPS) is 9.55. The van der Waals surface area contributed by atoms with Crippen molar-refractivity contribution in [2.24, 2.45) is 0 Å². The molecule has 66 valence electrons. The summed E-state index contributed by atoms with van der Waals surface area (Å²) in [5.41, 5.74) is 0. The molecule has 0 saturated carbocycles. The van der Waals surface area contributed by atoms with Gasteiger partial charge in [-0.25, -0.2) is 0 Å². The summed E-state index contributed by atoms with van der Waals surface area (Å²) in [5, 5.41) is 13.1. The highest BCUT2D eigenvalue weighted by atomic mass is 16.2. The van der Waals surface area contributed by atoms with Gasteiger partial charge in [-0.1, -0.05) is 24.8 Å². The molecule has 3 N–H and O–H groups in total. The van der Waals surface area contributed by atoms with Crippen LogP contribution in [0.5, 0.6) is 0 Å². The van der Waals surface area contributed by atoms with Crippen LogP contribution >= 0.6 is 0 Å². The third-order valence-corrected chi connectivity index (χ3v) is 1.06. The van der Waals surface area contributed by atoms with Gasteiger partial charge in [0.05, 0.1) is 6.17 Å². The van der Waals surface area contributed by atoms with E-state index < -0.39 is 0 Å². The Hall–Kier alpha value is -0.640. The van der Waals surface area contributed by atoms with Gasteiger partial charge >= 0.3 is 0 Å². The highest BCUT2D eigenvalue weighted by Gasteiger charge is 1.90. The first-order valence-corrected chi connectivity index (χ1v) is 3.43. The lowest BCUT2D eigenvalue weighted by Crippen LogP contribution is -2.35. The predicted molar refractivity (Wildman–Crippen MR) is 49.4 cm³/mol. The Morgan fingerprint density at radius 2 is 1.73 bits per heavy atom. The Morgan fingerprint density at radius 3 is 2.00 bits per heavy atom. The summed E-state index contributed by atoms with van der Waals surface area (Å²) in [7, 11) is 4.79. The van der Waals surface area contributed by atoms with Gasteiger partial charge in [-0.3, -0.25) is 0 Å². The van der Waals surface area contributed by atoms with Crippen LogP contribution in [-0.2, 0) is 0 Å². The maximum atomic E-state index is 7.00. The number of rotatable bonds is 4. The first-order chi connectivity index (χ1) is 5.35. The van der Waals surface area contributed by atoms with E-state index in [0.29, 0.717) is 0 Å². The molecule has 0 aliphatic heterocycles. The Morgan fingerprint density at radius 1 is 1.27 bits per heavy atom. The van der Waals surface area contributed by atoms with Crippen LogP contribution in [0.3, 0.4) is 0 Å². The molecule has 0 amide bonds. The van der Waals surface area contributed by atoms with Crippen molar-refractivity contribution in [1.29, 1.82) is 0 Å². The molecule has 0 bridgehead atoms. The molecule has 3 heteroatoms. The van der Waals surface area contributed by atoms with E-state index in [1.807, 2.05) is 26.2 Å². The van der Waals surface area contributed by atoms with Crippen LogP contribution in [0, 0.1) is 0 Å². The lowest BCUT2D eigenvalue weighted by molar-refractivity contribution is 0.399. The largest absolute Gasteiger partial charge is 0.400 e. The average Bonchev–Trinajstić information content (AvgIpc) is 2.10. The number of hydrogen-bond acceptors (Lipinski definition) is 3. The van der Waals surface area contributed by atoms with E-state index >= 15 is 0 Å². The third kappa shape index (κ3) is 9.36. The number of allylic oxidation sites excluding steroid dienone is 2. The van der Waals surface area contributed by atoms with Crippen LogP contribution in [-0.4, -0.2) is 32.5 Å². The summed E-state index contributed by atoms with van der Waals surface area (Å²) in [6.45, 7) is 3.56. The maximum Gasteiger partial charge on any atom is 0.0762 e. The van der Waals surface area contributed by atoms with Crippen LogP contribution in [0.25, 0.3) is 0 Å². The Balaban J connectivity index is 0. The number of aliphatic hydroxyl groups excluding tert-OH is 1. The van der Waals surface area contributed by atoms with Gasteiger partial charge in [0.1, 0.15) is 0 Å². The van der Waals surface area contributed by atoms with Gasteiger partial charge in [-0.2, -0.15) is 0 Å². The molecule has 0 rings (SSSR count). The van der Waals surface area contributed by atoms with Gasteiger partial charge in [0.15, 0.2) is 0 Å². The van der Waals surface area contributed by atoms with Crippen molar-refractivity contribution in [3.05, 3.63) is 24.8 Å². The first kappa shape index (κ1) is 13.0. The monoisotopic (exact) mass is 158 g/mol. The topological polar surface area (TPSA) is 44.3 Å². The summed E-state index contributed by atoms with van der Waals surface area (Å²) in [6.07, 6.45) is 5.90. The molecular formula is C8H18N2O. The van der Waals surface area contributed by atoms with Gasteiger partial charge in [-0.05, 0) is 14.1 Å². The molecule has 0 aromatic rings. The van der Waals surface area contributed by atoms with Crippen molar-refractivity contribution in [2.45, 2.75) is 6.17 Å². The Kier molecular flexibility index (Phi) is 14.3. The average molecular weight is 158 g/mol. The van der Waals surface area contributed by atoms with Gasteiger partial charge in [0.25, 0.3) is 0 Å². The van der Waals surface area contributed by atoms with E-state index in [1.165, 1.54) is 0 Å². The smallest absolute Gasteiger partial charge is 0.0762 e. The molecule has 0 radical (unpaired) electrons. The minimum Gasteiger partial charge on any atom is -0.400 e. The van der Waals surface area contributed by atoms with E-state index in [1.54, 1.807) is 6.08 Å². The minimum atomic E-state index is 0.253. The van der Waals surface area contributed by atoms with E-state index in [9.17, 15) is 0 Å². The second kappa shape index (κ2) is 12.1. The molecule has 0 aliphatic rings. The quantitative estimate of drug-likeness (QED) is 0.402. The first-order valence-electron chi connectivity index (χ1n) is 3.43. The fourth-order valence-electron chi connectivity index (χ4n) is 0.526. The molecule has 3 nitrogen and oxygen atoms in total. The summed E-state index contributed by atoms with van der Waals surface area (Å²) in [5.74, 6) is 0. The fraction of sp³-hybridized carbons (Fsp3) is 0.500. The van der Waals surface area contributed by atoms with Crippen molar-refractivity contribution in [2.75, 3.05) is 21.2 Å². The summed E-state index contributed by atoms with van der Waals surface area (Å²) in [4.78, 5) is 0. The molecule has 0 aromatic carbocycles. The van der Waals surface area contributed by atoms with Gasteiger partial charge in [0.2, 0.25) is 0 Å². The summed E-state index contributed by atoms with van der Waals surface area (Å²) in [6, 6.07) is 0. The molecule has 0 atom stereocenters. The van der Waals surface area contributed by atoms with E-state index in [4.69, 9.17) is 5.11 Å². The highest BCUT2D eigenvalue weighted by molar-refractivity contribution is 5.01. The van der Waals surface area contributed by atoms with Crippen molar-refractivity contribution in [3.63, 3.8) is 0 Å². The van der Waals surface area contributed by atoms with Crippen molar-refractivity contribution >= 4 is 0 Å². The summed E-state index contributed by atoms with van der Waals surface area (Å²) < 4.78 is 0. The van der Waals surface area contributed by atoms with Crippen LogP contribution < -0.4 is 10.6 Å². The number of hydrogen-bond donors (Lipinski definition) is 3. The number of nitrogens with one attached hydrogen (secondary N) is 2. The fourth-order valence-corrected chi connectivity index (χ4v) is 0.526. The van der Waals surface area contributed by atoms with Crippen molar-refractivity contribution < 1.29 is 5.11 Å². The van der Waals surface area contributed by atoms with E-state index in [2.05, 4.69) is 17.2 Å².